The van der Waals surface area contributed by atoms with Crippen molar-refractivity contribution in [3.63, 3.8) is 0 Å². The number of fused-ring (bicyclic) bond motifs is 1. The van der Waals surface area contributed by atoms with Crippen LogP contribution in [0.5, 0.6) is 0 Å². The molecule has 0 spiro atoms. The van der Waals surface area contributed by atoms with E-state index in [1.165, 1.54) is 23.1 Å². The standard InChI is InChI=1S/C27H30F2N6O6/c1-26(2,3)41-25(40)33-10-9-19(27(28,29)14-33)34-13-15(12-31-34)11-30-17-6-4-5-16-21(17)24(39)35(23(16)38)18-7-8-20(36)32-22(18)37/h4-6,12-13,18-19,30H,7-11,14H2,1-3H3,(H,32,36,37). The van der Waals surface area contributed by atoms with Crippen LogP contribution in [0.2, 0.25) is 0 Å². The van der Waals surface area contributed by atoms with Crippen molar-refractivity contribution < 1.29 is 37.5 Å². The average molecular weight is 573 g/mol. The fraction of sp³-hybridized carbons (Fsp3) is 0.481. The van der Waals surface area contributed by atoms with Gasteiger partial charge in [-0.3, -0.25) is 34.1 Å². The minimum atomic E-state index is -3.25. The van der Waals surface area contributed by atoms with E-state index in [1.54, 1.807) is 32.9 Å². The first-order valence-electron chi connectivity index (χ1n) is 13.2. The molecule has 12 nitrogen and oxygen atoms in total. The number of carbonyl (C=O) groups excluding carboxylic acids is 5. The van der Waals surface area contributed by atoms with E-state index in [0.29, 0.717) is 11.3 Å². The zero-order valence-electron chi connectivity index (χ0n) is 22.8. The van der Waals surface area contributed by atoms with Crippen molar-refractivity contribution in [3.8, 4) is 0 Å². The van der Waals surface area contributed by atoms with Gasteiger partial charge in [0.1, 0.15) is 17.7 Å². The van der Waals surface area contributed by atoms with Crippen LogP contribution < -0.4 is 10.6 Å². The molecule has 0 radical (unpaired) electrons. The molecule has 3 aliphatic heterocycles. The number of halogens is 2. The lowest BCUT2D eigenvalue weighted by Crippen LogP contribution is -2.54. The van der Waals surface area contributed by atoms with Crippen molar-refractivity contribution in [1.82, 2.24) is 24.9 Å². The number of anilines is 1. The molecule has 0 saturated carbocycles. The first-order chi connectivity index (χ1) is 19.2. The number of nitrogens with one attached hydrogen (secondary N) is 2. The van der Waals surface area contributed by atoms with E-state index in [2.05, 4.69) is 15.7 Å². The molecule has 2 N–H and O–H groups in total. The lowest BCUT2D eigenvalue weighted by molar-refractivity contribution is -0.136. The zero-order chi connectivity index (χ0) is 29.7. The zero-order valence-corrected chi connectivity index (χ0v) is 22.8. The molecule has 4 heterocycles. The van der Waals surface area contributed by atoms with E-state index in [-0.39, 0.29) is 43.5 Å². The fourth-order valence-electron chi connectivity index (χ4n) is 5.23. The Bertz CT molecular complexity index is 1430. The van der Waals surface area contributed by atoms with Gasteiger partial charge in [-0.15, -0.1) is 0 Å². The first-order valence-corrected chi connectivity index (χ1v) is 13.2. The van der Waals surface area contributed by atoms with Gasteiger partial charge in [0.05, 0.1) is 23.9 Å². The predicted molar refractivity (Wildman–Crippen MR) is 139 cm³/mol. The molecule has 14 heteroatoms. The molecule has 2 aromatic rings. The molecule has 0 bridgehead atoms. The molecular formula is C27H30F2N6O6. The topological polar surface area (TPSA) is 143 Å². The number of nitrogens with zero attached hydrogens (tertiary/aromatic N) is 4. The summed E-state index contributed by atoms with van der Waals surface area (Å²) in [6.07, 6.45) is 2.13. The predicted octanol–water partition coefficient (Wildman–Crippen LogP) is 2.71. The first kappa shape index (κ1) is 28.2. The minimum absolute atomic E-state index is 0.0119. The van der Waals surface area contributed by atoms with Crippen molar-refractivity contribution in [2.24, 2.45) is 0 Å². The molecule has 2 unspecified atom stereocenters. The van der Waals surface area contributed by atoms with Crippen LogP contribution >= 0.6 is 0 Å². The average Bonchev–Trinajstić information content (AvgIpc) is 3.44. The minimum Gasteiger partial charge on any atom is -0.444 e. The van der Waals surface area contributed by atoms with Crippen molar-refractivity contribution in [1.29, 1.82) is 0 Å². The summed E-state index contributed by atoms with van der Waals surface area (Å²) in [5.74, 6) is -5.70. The van der Waals surface area contributed by atoms with E-state index in [1.807, 2.05) is 0 Å². The van der Waals surface area contributed by atoms with Crippen molar-refractivity contribution >= 4 is 35.4 Å². The number of piperidine rings is 2. The Balaban J connectivity index is 1.26. The molecule has 2 saturated heterocycles. The largest absolute Gasteiger partial charge is 0.444 e. The monoisotopic (exact) mass is 572 g/mol. The SMILES string of the molecule is CC(C)(C)OC(=O)N1CCC(n2cc(CNc3cccc4c3C(=O)N(C3CCC(=O)NC3=O)C4=O)cn2)C(F)(F)C1. The van der Waals surface area contributed by atoms with Gasteiger partial charge in [0.25, 0.3) is 17.7 Å². The number of likely N-dealkylation sites (tertiary alicyclic amines) is 1. The third-order valence-corrected chi connectivity index (χ3v) is 7.14. The molecule has 1 aromatic carbocycles. The lowest BCUT2D eigenvalue weighted by Gasteiger charge is -2.38. The van der Waals surface area contributed by atoms with Crippen LogP contribution in [0.4, 0.5) is 19.3 Å². The highest BCUT2D eigenvalue weighted by Crippen LogP contribution is 2.37. The Kier molecular flexibility index (Phi) is 7.03. The van der Waals surface area contributed by atoms with Crippen LogP contribution in [-0.4, -0.2) is 80.0 Å². The van der Waals surface area contributed by atoms with Gasteiger partial charge in [-0.25, -0.2) is 13.6 Å². The van der Waals surface area contributed by atoms with Crippen LogP contribution in [-0.2, 0) is 20.9 Å². The van der Waals surface area contributed by atoms with Crippen LogP contribution in [0.3, 0.4) is 0 Å². The summed E-state index contributed by atoms with van der Waals surface area (Å²) in [5.41, 5.74) is 0.297. The summed E-state index contributed by atoms with van der Waals surface area (Å²) in [7, 11) is 0. The lowest BCUT2D eigenvalue weighted by atomic mass is 10.0. The van der Waals surface area contributed by atoms with Gasteiger partial charge in [0, 0.05) is 37.0 Å². The maximum Gasteiger partial charge on any atom is 0.410 e. The van der Waals surface area contributed by atoms with Gasteiger partial charge in [0.2, 0.25) is 11.8 Å². The van der Waals surface area contributed by atoms with E-state index in [4.69, 9.17) is 4.74 Å². The van der Waals surface area contributed by atoms with Gasteiger partial charge < -0.3 is 15.0 Å². The molecule has 5 rings (SSSR count). The van der Waals surface area contributed by atoms with Gasteiger partial charge in [-0.2, -0.15) is 5.10 Å². The second-order valence-electron chi connectivity index (χ2n) is 11.3. The number of rotatable bonds is 5. The van der Waals surface area contributed by atoms with Crippen LogP contribution in [0.25, 0.3) is 0 Å². The van der Waals surface area contributed by atoms with Crippen LogP contribution in [0.1, 0.15) is 72.4 Å². The van der Waals surface area contributed by atoms with Gasteiger partial charge in [-0.05, 0) is 45.7 Å². The molecule has 2 fully saturated rings. The second-order valence-corrected chi connectivity index (χ2v) is 11.3. The van der Waals surface area contributed by atoms with Crippen LogP contribution in [0, 0.1) is 0 Å². The summed E-state index contributed by atoms with van der Waals surface area (Å²) >= 11 is 0. The van der Waals surface area contributed by atoms with Gasteiger partial charge in [0.15, 0.2) is 0 Å². The Morgan fingerprint density at radius 1 is 1.17 bits per heavy atom. The molecule has 3 aliphatic rings. The summed E-state index contributed by atoms with van der Waals surface area (Å²) in [5, 5.41) is 9.35. The highest BCUT2D eigenvalue weighted by atomic mass is 19.3. The number of ether oxygens (including phenoxy) is 1. The summed E-state index contributed by atoms with van der Waals surface area (Å²) in [6.45, 7) is 4.40. The second kappa shape index (κ2) is 10.2. The molecule has 41 heavy (non-hydrogen) atoms. The quantitative estimate of drug-likeness (QED) is 0.521. The van der Waals surface area contributed by atoms with E-state index >= 15 is 8.78 Å². The Morgan fingerprint density at radius 3 is 2.61 bits per heavy atom. The number of alkyl halides is 2. The van der Waals surface area contributed by atoms with E-state index in [0.717, 1.165) is 9.80 Å². The van der Waals surface area contributed by atoms with Gasteiger partial charge in [-0.1, -0.05) is 6.07 Å². The molecule has 5 amide bonds. The smallest absolute Gasteiger partial charge is 0.410 e. The summed E-state index contributed by atoms with van der Waals surface area (Å²) in [4.78, 5) is 64.3. The van der Waals surface area contributed by atoms with E-state index in [9.17, 15) is 24.0 Å². The van der Waals surface area contributed by atoms with E-state index < -0.39 is 59.9 Å². The molecular weight excluding hydrogens is 542 g/mol. The number of benzene rings is 1. The maximum atomic E-state index is 15.1. The number of hydrogen-bond acceptors (Lipinski definition) is 8. The molecule has 2 atom stereocenters. The number of aromatic nitrogens is 2. The Hall–Kier alpha value is -4.36. The summed E-state index contributed by atoms with van der Waals surface area (Å²) < 4.78 is 36.6. The fourth-order valence-corrected chi connectivity index (χ4v) is 5.23. The molecule has 0 aliphatic carbocycles. The highest BCUT2D eigenvalue weighted by molar-refractivity contribution is 6.25. The molecule has 218 valence electrons. The van der Waals surface area contributed by atoms with Crippen molar-refractivity contribution in [2.45, 2.75) is 70.2 Å². The van der Waals surface area contributed by atoms with Crippen LogP contribution in [0.15, 0.2) is 30.6 Å². The van der Waals surface area contributed by atoms with Crippen molar-refractivity contribution in [2.75, 3.05) is 18.4 Å². The Morgan fingerprint density at radius 2 is 1.93 bits per heavy atom. The number of hydrogen-bond donors (Lipinski definition) is 2. The molecule has 1 aromatic heterocycles. The number of amides is 5. The summed E-state index contributed by atoms with van der Waals surface area (Å²) in [6, 6.07) is 2.31. The number of carbonyl (C=O) groups is 5. The highest BCUT2D eigenvalue weighted by Gasteiger charge is 2.48. The normalized spacial score (nSPS) is 22.5. The maximum absolute atomic E-state index is 15.1. The number of imide groups is 2. The van der Waals surface area contributed by atoms with Gasteiger partial charge >= 0.3 is 6.09 Å². The van der Waals surface area contributed by atoms with Crippen molar-refractivity contribution in [3.05, 3.63) is 47.3 Å². The third kappa shape index (κ3) is 5.50. The Labute approximate surface area is 234 Å². The third-order valence-electron chi connectivity index (χ3n) is 7.14.